The molecule has 1 aromatic heterocycles. The number of aromatic nitrogens is 2. The molecule has 2 heterocycles. The SMILES string of the molecule is CC1=C(C(=O)OC(C)(C)C)C(c2nc(Cl)c(Cl)n2C)C(C(=O)OC(C)(C)C)=C(C)N1. The Morgan fingerprint density at radius 3 is 1.63 bits per heavy atom. The molecular formula is C21H29Cl2N3O4. The maximum absolute atomic E-state index is 13.2. The third-order valence-electron chi connectivity index (χ3n) is 4.28. The summed E-state index contributed by atoms with van der Waals surface area (Å²) in [5.41, 5.74) is 0.140. The molecule has 0 spiro atoms. The van der Waals surface area contributed by atoms with Gasteiger partial charge in [-0.25, -0.2) is 14.6 Å². The van der Waals surface area contributed by atoms with Gasteiger partial charge in [-0.05, 0) is 55.4 Å². The summed E-state index contributed by atoms with van der Waals surface area (Å²) in [6.07, 6.45) is 0. The van der Waals surface area contributed by atoms with Crippen molar-refractivity contribution in [3.63, 3.8) is 0 Å². The van der Waals surface area contributed by atoms with Crippen molar-refractivity contribution in [1.29, 1.82) is 0 Å². The molecule has 1 N–H and O–H groups in total. The molecule has 2 rings (SSSR count). The van der Waals surface area contributed by atoms with E-state index in [9.17, 15) is 9.59 Å². The molecule has 0 amide bonds. The Kier molecular flexibility index (Phi) is 6.69. The zero-order valence-electron chi connectivity index (χ0n) is 18.9. The Hall–Kier alpha value is -1.99. The van der Waals surface area contributed by atoms with E-state index in [1.54, 1.807) is 67.0 Å². The number of dihydropyridines is 1. The largest absolute Gasteiger partial charge is 0.457 e. The molecule has 9 heteroatoms. The van der Waals surface area contributed by atoms with E-state index < -0.39 is 29.1 Å². The predicted octanol–water partition coefficient (Wildman–Crippen LogP) is 4.65. The number of imidazole rings is 1. The molecule has 1 aromatic rings. The number of hydrogen-bond acceptors (Lipinski definition) is 6. The molecule has 7 nitrogen and oxygen atoms in total. The lowest BCUT2D eigenvalue weighted by molar-refractivity contribution is -0.150. The highest BCUT2D eigenvalue weighted by Crippen LogP contribution is 2.41. The van der Waals surface area contributed by atoms with Crippen LogP contribution < -0.4 is 5.32 Å². The number of rotatable bonds is 3. The maximum atomic E-state index is 13.2. The van der Waals surface area contributed by atoms with Crippen molar-refractivity contribution in [2.45, 2.75) is 72.5 Å². The third kappa shape index (κ3) is 5.19. The molecule has 1 aliphatic heterocycles. The van der Waals surface area contributed by atoms with E-state index in [1.165, 1.54) is 0 Å². The molecule has 0 saturated carbocycles. The van der Waals surface area contributed by atoms with Crippen LogP contribution in [0.1, 0.15) is 67.1 Å². The summed E-state index contributed by atoms with van der Waals surface area (Å²) in [6, 6.07) is 0. The van der Waals surface area contributed by atoms with Gasteiger partial charge in [0.25, 0.3) is 0 Å². The van der Waals surface area contributed by atoms with Crippen LogP contribution in [0.5, 0.6) is 0 Å². The second kappa shape index (κ2) is 8.27. The summed E-state index contributed by atoms with van der Waals surface area (Å²) in [5.74, 6) is -1.67. The van der Waals surface area contributed by atoms with Crippen LogP contribution in [0.15, 0.2) is 22.5 Å². The van der Waals surface area contributed by atoms with Gasteiger partial charge < -0.3 is 19.4 Å². The van der Waals surface area contributed by atoms with E-state index in [-0.39, 0.29) is 21.5 Å². The quantitative estimate of drug-likeness (QED) is 0.665. The Bertz CT molecular complexity index is 897. The van der Waals surface area contributed by atoms with Gasteiger partial charge in [-0.3, -0.25) is 0 Å². The van der Waals surface area contributed by atoms with Gasteiger partial charge in [0.1, 0.15) is 22.2 Å². The Morgan fingerprint density at radius 1 is 0.933 bits per heavy atom. The first-order valence-electron chi connectivity index (χ1n) is 9.56. The highest BCUT2D eigenvalue weighted by atomic mass is 35.5. The van der Waals surface area contributed by atoms with Crippen molar-refractivity contribution in [2.75, 3.05) is 0 Å². The second-order valence-electron chi connectivity index (χ2n) is 9.25. The molecule has 0 aliphatic carbocycles. The van der Waals surface area contributed by atoms with E-state index in [4.69, 9.17) is 32.7 Å². The Morgan fingerprint density at radius 2 is 1.33 bits per heavy atom. The zero-order valence-corrected chi connectivity index (χ0v) is 20.4. The van der Waals surface area contributed by atoms with E-state index >= 15 is 0 Å². The summed E-state index contributed by atoms with van der Waals surface area (Å²) in [6.45, 7) is 14.1. The van der Waals surface area contributed by atoms with Crippen molar-refractivity contribution in [1.82, 2.24) is 14.9 Å². The number of carbonyl (C=O) groups is 2. The summed E-state index contributed by atoms with van der Waals surface area (Å²) in [5, 5.41) is 3.39. The van der Waals surface area contributed by atoms with Crippen LogP contribution in [0.25, 0.3) is 0 Å². The number of esters is 2. The molecule has 0 fully saturated rings. The molecular weight excluding hydrogens is 429 g/mol. The van der Waals surface area contributed by atoms with Gasteiger partial charge in [-0.15, -0.1) is 0 Å². The van der Waals surface area contributed by atoms with Gasteiger partial charge in [0, 0.05) is 18.4 Å². The maximum Gasteiger partial charge on any atom is 0.337 e. The van der Waals surface area contributed by atoms with E-state index in [0.717, 1.165) is 0 Å². The van der Waals surface area contributed by atoms with Crippen LogP contribution in [-0.2, 0) is 26.1 Å². The standard InChI is InChI=1S/C21H29Cl2N3O4/c1-10-12(18(27)29-20(3,4)5)14(17-25-15(22)16(23)26(17)9)13(11(2)24-10)19(28)30-21(6,7)8/h14,24H,1-9H3. The fraction of sp³-hybridized carbons (Fsp3) is 0.571. The predicted molar refractivity (Wildman–Crippen MR) is 116 cm³/mol. The molecule has 0 bridgehead atoms. The lowest BCUT2D eigenvalue weighted by Gasteiger charge is -2.32. The molecule has 0 aromatic carbocycles. The van der Waals surface area contributed by atoms with Crippen molar-refractivity contribution in [3.8, 4) is 0 Å². The molecule has 0 atom stereocenters. The van der Waals surface area contributed by atoms with Gasteiger partial charge in [0.15, 0.2) is 5.15 Å². The fourth-order valence-electron chi connectivity index (χ4n) is 3.18. The average molecular weight is 458 g/mol. The van der Waals surface area contributed by atoms with Crippen LogP contribution in [0.3, 0.4) is 0 Å². The number of nitrogens with one attached hydrogen (secondary N) is 1. The van der Waals surface area contributed by atoms with E-state index in [1.807, 2.05) is 0 Å². The number of allylic oxidation sites excluding steroid dienone is 2. The first-order chi connectivity index (χ1) is 13.5. The number of ether oxygens (including phenoxy) is 2. The molecule has 30 heavy (non-hydrogen) atoms. The Balaban J connectivity index is 2.72. The number of nitrogens with zero attached hydrogens (tertiary/aromatic N) is 2. The van der Waals surface area contributed by atoms with Crippen LogP contribution >= 0.6 is 23.2 Å². The van der Waals surface area contributed by atoms with Crippen LogP contribution in [0, 0.1) is 0 Å². The minimum Gasteiger partial charge on any atom is -0.457 e. The molecule has 166 valence electrons. The van der Waals surface area contributed by atoms with Gasteiger partial charge in [0.2, 0.25) is 0 Å². The smallest absolute Gasteiger partial charge is 0.337 e. The highest BCUT2D eigenvalue weighted by Gasteiger charge is 2.42. The second-order valence-corrected chi connectivity index (χ2v) is 9.97. The minimum absolute atomic E-state index is 0.0788. The molecule has 1 aliphatic rings. The number of hydrogen-bond donors (Lipinski definition) is 1. The lowest BCUT2D eigenvalue weighted by Crippen LogP contribution is -2.37. The summed E-state index contributed by atoms with van der Waals surface area (Å²) >= 11 is 12.4. The van der Waals surface area contributed by atoms with E-state index in [0.29, 0.717) is 17.2 Å². The first-order valence-corrected chi connectivity index (χ1v) is 10.3. The summed E-state index contributed by atoms with van der Waals surface area (Å²) in [4.78, 5) is 30.7. The molecule has 0 saturated heterocycles. The average Bonchev–Trinajstić information content (AvgIpc) is 2.77. The van der Waals surface area contributed by atoms with E-state index in [2.05, 4.69) is 10.3 Å². The lowest BCUT2D eigenvalue weighted by atomic mass is 9.84. The van der Waals surface area contributed by atoms with Gasteiger partial charge in [0.05, 0.1) is 17.1 Å². The normalized spacial score (nSPS) is 16.0. The summed E-state index contributed by atoms with van der Waals surface area (Å²) < 4.78 is 12.8. The number of halogens is 2. The summed E-state index contributed by atoms with van der Waals surface area (Å²) in [7, 11) is 1.67. The molecule has 0 unspecified atom stereocenters. The van der Waals surface area contributed by atoms with Crippen LogP contribution in [0.4, 0.5) is 0 Å². The highest BCUT2D eigenvalue weighted by molar-refractivity contribution is 6.40. The third-order valence-corrected chi connectivity index (χ3v) is 5.07. The fourth-order valence-corrected chi connectivity index (χ4v) is 3.52. The zero-order chi connectivity index (χ0) is 23.2. The van der Waals surface area contributed by atoms with Crippen molar-refractivity contribution < 1.29 is 19.1 Å². The number of carbonyl (C=O) groups excluding carboxylic acids is 2. The van der Waals surface area contributed by atoms with Crippen LogP contribution in [-0.4, -0.2) is 32.7 Å². The topological polar surface area (TPSA) is 82.5 Å². The minimum atomic E-state index is -0.869. The molecule has 0 radical (unpaired) electrons. The Labute approximate surface area is 187 Å². The van der Waals surface area contributed by atoms with Crippen molar-refractivity contribution in [3.05, 3.63) is 38.7 Å². The van der Waals surface area contributed by atoms with Gasteiger partial charge >= 0.3 is 11.9 Å². The van der Waals surface area contributed by atoms with Crippen LogP contribution in [0.2, 0.25) is 10.3 Å². The van der Waals surface area contributed by atoms with Gasteiger partial charge in [-0.1, -0.05) is 23.2 Å². The monoisotopic (exact) mass is 457 g/mol. The van der Waals surface area contributed by atoms with Crippen molar-refractivity contribution >= 4 is 35.1 Å². The van der Waals surface area contributed by atoms with Crippen molar-refractivity contribution in [2.24, 2.45) is 7.05 Å². The van der Waals surface area contributed by atoms with Gasteiger partial charge in [-0.2, -0.15) is 0 Å². The first kappa shape index (κ1) is 24.3.